The maximum atomic E-state index is 12.8. The van der Waals surface area contributed by atoms with Crippen LogP contribution in [0, 0.1) is 6.92 Å². The summed E-state index contributed by atoms with van der Waals surface area (Å²) in [6, 6.07) is 12.0. The smallest absolute Gasteiger partial charge is 0.323 e. The molecule has 0 aliphatic carbocycles. The molecule has 0 amide bonds. The van der Waals surface area contributed by atoms with Gasteiger partial charge in [-0.2, -0.15) is 0 Å². The van der Waals surface area contributed by atoms with Crippen molar-refractivity contribution in [2.75, 3.05) is 18.0 Å². The number of hydrogen-bond acceptors (Lipinski definition) is 4. The largest absolute Gasteiger partial charge is 0.508 e. The van der Waals surface area contributed by atoms with E-state index in [2.05, 4.69) is 0 Å². The molecule has 2 aromatic rings. The van der Waals surface area contributed by atoms with E-state index in [-0.39, 0.29) is 24.6 Å². The first-order valence-electron chi connectivity index (χ1n) is 7.56. The number of para-hydroxylation sites is 1. The summed E-state index contributed by atoms with van der Waals surface area (Å²) in [5.74, 6) is -0.944. The molecule has 0 fully saturated rings. The molecule has 0 atom stereocenters. The second-order valence-corrected chi connectivity index (χ2v) is 5.81. The predicted octanol–water partition coefficient (Wildman–Crippen LogP) is 2.87. The number of aryl methyl sites for hydroxylation is 1. The molecular weight excluding hydrogens is 306 g/mol. The summed E-state index contributed by atoms with van der Waals surface area (Å²) >= 11 is 0. The highest BCUT2D eigenvalue weighted by Crippen LogP contribution is 2.33. The van der Waals surface area contributed by atoms with Crippen LogP contribution in [0.5, 0.6) is 5.75 Å². The van der Waals surface area contributed by atoms with Crippen LogP contribution in [-0.2, 0) is 4.79 Å². The number of fused-ring (bicyclic) bond motifs is 1. The minimum Gasteiger partial charge on any atom is -0.508 e. The first kappa shape index (κ1) is 15.8. The Hall–Kier alpha value is -3.08. The van der Waals surface area contributed by atoms with E-state index in [1.54, 1.807) is 47.4 Å². The van der Waals surface area contributed by atoms with Crippen molar-refractivity contribution >= 4 is 23.5 Å². The van der Waals surface area contributed by atoms with E-state index in [1.165, 1.54) is 0 Å². The molecule has 0 unspecified atom stereocenters. The van der Waals surface area contributed by atoms with Crippen molar-refractivity contribution in [3.63, 3.8) is 0 Å². The number of carbonyl (C=O) groups is 2. The third-order valence-electron chi connectivity index (χ3n) is 3.99. The number of rotatable bonds is 3. The second kappa shape index (κ2) is 6.20. The molecule has 0 aromatic heterocycles. The Morgan fingerprint density at radius 1 is 1.25 bits per heavy atom. The molecule has 2 N–H and O–H groups in total. The second-order valence-electron chi connectivity index (χ2n) is 5.81. The lowest BCUT2D eigenvalue weighted by Gasteiger charge is -2.32. The van der Waals surface area contributed by atoms with Gasteiger partial charge in [0.1, 0.15) is 12.3 Å². The molecule has 24 heavy (non-hydrogen) atoms. The molecule has 2 aromatic carbocycles. The van der Waals surface area contributed by atoms with Gasteiger partial charge < -0.3 is 15.1 Å². The molecule has 122 valence electrons. The Kier molecular flexibility index (Phi) is 4.08. The number of aromatic hydroxyl groups is 1. The number of aliphatic carboxylic acids is 1. The molecule has 1 aliphatic heterocycles. The molecule has 3 rings (SSSR count). The number of carbonyl (C=O) groups excluding carboxylic acids is 1. The zero-order valence-electron chi connectivity index (χ0n) is 13.2. The standard InChI is InChI=1S/C19H17NO4/c1-12-4-2-7-16-18(12)20(11-17(22)23)10-14(19(16)24)8-13-5-3-6-15(21)9-13/h2-9,21H,10-11H2,1H3,(H,22,23)/b14-8+. The maximum Gasteiger partial charge on any atom is 0.323 e. The zero-order chi connectivity index (χ0) is 17.3. The van der Waals surface area contributed by atoms with Gasteiger partial charge in [0.15, 0.2) is 5.78 Å². The number of nitrogens with zero attached hydrogens (tertiary/aromatic N) is 1. The first-order chi connectivity index (χ1) is 11.5. The van der Waals surface area contributed by atoms with Crippen LogP contribution >= 0.6 is 0 Å². The van der Waals surface area contributed by atoms with Crippen molar-refractivity contribution < 1.29 is 19.8 Å². The molecule has 1 heterocycles. The van der Waals surface area contributed by atoms with Crippen molar-refractivity contribution in [3.8, 4) is 5.75 Å². The number of anilines is 1. The van der Waals surface area contributed by atoms with Crippen molar-refractivity contribution in [2.45, 2.75) is 6.92 Å². The van der Waals surface area contributed by atoms with Crippen LogP contribution in [0.1, 0.15) is 21.5 Å². The van der Waals surface area contributed by atoms with E-state index < -0.39 is 5.97 Å². The number of Topliss-reactive ketones (excluding diaryl/α,β-unsaturated/α-hetero) is 1. The van der Waals surface area contributed by atoms with E-state index in [9.17, 15) is 19.8 Å². The Balaban J connectivity index is 2.08. The summed E-state index contributed by atoms with van der Waals surface area (Å²) in [6.45, 7) is 1.91. The van der Waals surface area contributed by atoms with Crippen molar-refractivity contribution in [1.82, 2.24) is 0 Å². The van der Waals surface area contributed by atoms with E-state index in [0.29, 0.717) is 22.4 Å². The fraction of sp³-hybridized carbons (Fsp3) is 0.158. The zero-order valence-corrected chi connectivity index (χ0v) is 13.2. The van der Waals surface area contributed by atoms with E-state index in [4.69, 9.17) is 0 Å². The quantitative estimate of drug-likeness (QED) is 0.849. The van der Waals surface area contributed by atoms with Gasteiger partial charge in [-0.3, -0.25) is 9.59 Å². The fourth-order valence-electron chi connectivity index (χ4n) is 3.02. The Bertz CT molecular complexity index is 854. The summed E-state index contributed by atoms with van der Waals surface area (Å²) in [4.78, 5) is 25.7. The highest BCUT2D eigenvalue weighted by Gasteiger charge is 2.29. The van der Waals surface area contributed by atoms with Crippen LogP contribution < -0.4 is 4.90 Å². The number of hydrogen-bond donors (Lipinski definition) is 2. The van der Waals surface area contributed by atoms with Gasteiger partial charge in [-0.1, -0.05) is 24.3 Å². The third-order valence-corrected chi connectivity index (χ3v) is 3.99. The summed E-state index contributed by atoms with van der Waals surface area (Å²) in [7, 11) is 0. The minimum atomic E-state index is -0.949. The van der Waals surface area contributed by atoms with Crippen LogP contribution in [0.3, 0.4) is 0 Å². The summed E-state index contributed by atoms with van der Waals surface area (Å²) in [5, 5.41) is 18.8. The first-order valence-corrected chi connectivity index (χ1v) is 7.56. The maximum absolute atomic E-state index is 12.8. The minimum absolute atomic E-state index is 0.112. The van der Waals surface area contributed by atoms with Crippen LogP contribution in [0.4, 0.5) is 5.69 Å². The molecule has 0 saturated heterocycles. The molecule has 0 spiro atoms. The van der Waals surface area contributed by atoms with E-state index >= 15 is 0 Å². The van der Waals surface area contributed by atoms with Gasteiger partial charge in [-0.25, -0.2) is 0 Å². The lowest BCUT2D eigenvalue weighted by Crippen LogP contribution is -2.38. The average Bonchev–Trinajstić information content (AvgIpc) is 2.51. The van der Waals surface area contributed by atoms with Crippen LogP contribution in [0.15, 0.2) is 48.0 Å². The van der Waals surface area contributed by atoms with Crippen molar-refractivity contribution in [2.24, 2.45) is 0 Å². The fourth-order valence-corrected chi connectivity index (χ4v) is 3.02. The molecule has 1 aliphatic rings. The topological polar surface area (TPSA) is 77.8 Å². The molecule has 0 bridgehead atoms. The molecule has 5 nitrogen and oxygen atoms in total. The van der Waals surface area contributed by atoms with Crippen molar-refractivity contribution in [1.29, 1.82) is 0 Å². The van der Waals surface area contributed by atoms with Gasteiger partial charge in [-0.15, -0.1) is 0 Å². The number of benzene rings is 2. The average molecular weight is 323 g/mol. The van der Waals surface area contributed by atoms with Gasteiger partial charge in [0.05, 0.1) is 5.69 Å². The molecule has 5 heteroatoms. The normalized spacial score (nSPS) is 15.5. The predicted molar refractivity (Wildman–Crippen MR) is 91.4 cm³/mol. The van der Waals surface area contributed by atoms with Crippen LogP contribution in [0.2, 0.25) is 0 Å². The summed E-state index contributed by atoms with van der Waals surface area (Å²) in [6.07, 6.45) is 1.70. The third kappa shape index (κ3) is 3.01. The highest BCUT2D eigenvalue weighted by atomic mass is 16.4. The Labute approximate surface area is 139 Å². The van der Waals surface area contributed by atoms with Gasteiger partial charge >= 0.3 is 5.97 Å². The Morgan fingerprint density at radius 3 is 2.71 bits per heavy atom. The van der Waals surface area contributed by atoms with Crippen molar-refractivity contribution in [3.05, 3.63) is 64.7 Å². The van der Waals surface area contributed by atoms with Gasteiger partial charge in [-0.05, 0) is 42.3 Å². The summed E-state index contributed by atoms with van der Waals surface area (Å²) in [5.41, 5.74) is 3.26. The number of carboxylic acid groups (broad SMARTS) is 1. The number of carboxylic acids is 1. The van der Waals surface area contributed by atoms with Gasteiger partial charge in [0, 0.05) is 17.7 Å². The molecular formula is C19H17NO4. The van der Waals surface area contributed by atoms with Gasteiger partial charge in [0.2, 0.25) is 0 Å². The number of phenolic OH excluding ortho intramolecular Hbond substituents is 1. The van der Waals surface area contributed by atoms with E-state index in [1.807, 2.05) is 13.0 Å². The Morgan fingerprint density at radius 2 is 2.00 bits per heavy atom. The monoisotopic (exact) mass is 323 g/mol. The van der Waals surface area contributed by atoms with Crippen LogP contribution in [-0.4, -0.2) is 35.1 Å². The summed E-state index contributed by atoms with van der Waals surface area (Å²) < 4.78 is 0. The molecule has 0 saturated carbocycles. The number of ketones is 1. The number of phenols is 1. The van der Waals surface area contributed by atoms with Crippen LogP contribution in [0.25, 0.3) is 6.08 Å². The van der Waals surface area contributed by atoms with Gasteiger partial charge in [0.25, 0.3) is 0 Å². The SMILES string of the molecule is Cc1cccc2c1N(CC(=O)O)C/C(=C\c1cccc(O)c1)C2=O. The lowest BCUT2D eigenvalue weighted by atomic mass is 9.92. The van der Waals surface area contributed by atoms with E-state index in [0.717, 1.165) is 5.56 Å². The lowest BCUT2D eigenvalue weighted by molar-refractivity contribution is -0.135. The highest BCUT2D eigenvalue weighted by molar-refractivity contribution is 6.17. The molecule has 0 radical (unpaired) electrons.